The minimum Gasteiger partial charge on any atom is -0.342 e. The Hall–Kier alpha value is -3.23. The summed E-state index contributed by atoms with van der Waals surface area (Å²) in [5.41, 5.74) is 3.41. The molecule has 2 aromatic rings. The molecule has 1 aromatic carbocycles. The predicted molar refractivity (Wildman–Crippen MR) is 86.8 cm³/mol. The van der Waals surface area contributed by atoms with Crippen LogP contribution in [0.1, 0.15) is 12.7 Å². The number of carbonyl (C=O) groups excluding carboxylic acids is 2. The zero-order valence-corrected chi connectivity index (χ0v) is 13.3. The second kappa shape index (κ2) is 6.49. The highest BCUT2D eigenvalue weighted by Gasteiger charge is 2.30. The first-order chi connectivity index (χ1) is 11.5. The van der Waals surface area contributed by atoms with E-state index in [-0.39, 0.29) is 18.3 Å². The summed E-state index contributed by atoms with van der Waals surface area (Å²) < 4.78 is 1.55. The standard InChI is InChI=1S/C15H17N7O2/c1-10-15(24)22(11-6-4-3-5-7-11)20-13(18-10)14(23)16-8-12-17-9-21(2)19-12/h3-7,9-10H,8H2,1-2H3,(H,16,23)(H,18,20)/t10-/m1/s1. The Kier molecular flexibility index (Phi) is 4.23. The van der Waals surface area contributed by atoms with Gasteiger partial charge in [-0.05, 0) is 19.1 Å². The molecule has 2 heterocycles. The smallest absolute Gasteiger partial charge is 0.288 e. The van der Waals surface area contributed by atoms with Gasteiger partial charge in [-0.3, -0.25) is 19.7 Å². The molecule has 0 saturated heterocycles. The van der Waals surface area contributed by atoms with Gasteiger partial charge in [-0.25, -0.2) is 15.0 Å². The fraction of sp³-hybridized carbons (Fsp3) is 0.267. The SMILES string of the molecule is C[C@H]1N=C(C(=O)NCc2ncn(C)n2)NN(c2ccccc2)C1=O. The Labute approximate surface area is 138 Å². The molecule has 9 heteroatoms. The number of para-hydroxylation sites is 1. The van der Waals surface area contributed by atoms with Crippen molar-refractivity contribution in [2.45, 2.75) is 19.5 Å². The third-order valence-corrected chi connectivity index (χ3v) is 3.40. The maximum atomic E-state index is 12.3. The molecule has 1 aliphatic rings. The van der Waals surface area contributed by atoms with Crippen LogP contribution in [0, 0.1) is 0 Å². The summed E-state index contributed by atoms with van der Waals surface area (Å²) in [6.07, 6.45) is 1.55. The van der Waals surface area contributed by atoms with Crippen molar-refractivity contribution in [3.63, 3.8) is 0 Å². The lowest BCUT2D eigenvalue weighted by Gasteiger charge is -2.30. The van der Waals surface area contributed by atoms with Crippen LogP contribution in [-0.2, 0) is 23.2 Å². The number of nitrogens with one attached hydrogen (secondary N) is 2. The second-order valence-corrected chi connectivity index (χ2v) is 5.29. The van der Waals surface area contributed by atoms with Crippen molar-refractivity contribution in [1.82, 2.24) is 25.5 Å². The zero-order valence-electron chi connectivity index (χ0n) is 13.3. The van der Waals surface area contributed by atoms with Crippen LogP contribution in [0.2, 0.25) is 0 Å². The Balaban J connectivity index is 1.71. The van der Waals surface area contributed by atoms with Crippen LogP contribution >= 0.6 is 0 Å². The monoisotopic (exact) mass is 327 g/mol. The minimum absolute atomic E-state index is 0.0712. The molecule has 0 fully saturated rings. The van der Waals surface area contributed by atoms with E-state index in [4.69, 9.17) is 0 Å². The van der Waals surface area contributed by atoms with Gasteiger partial charge in [-0.2, -0.15) is 5.10 Å². The summed E-state index contributed by atoms with van der Waals surface area (Å²) in [4.78, 5) is 32.7. The molecule has 24 heavy (non-hydrogen) atoms. The summed E-state index contributed by atoms with van der Waals surface area (Å²) in [6, 6.07) is 8.37. The number of carbonyl (C=O) groups is 2. The fourth-order valence-corrected chi connectivity index (χ4v) is 2.21. The molecule has 124 valence electrons. The number of rotatable bonds is 4. The molecule has 1 aromatic heterocycles. The van der Waals surface area contributed by atoms with Crippen molar-refractivity contribution in [1.29, 1.82) is 0 Å². The average Bonchev–Trinajstić information content (AvgIpc) is 3.01. The normalized spacial score (nSPS) is 17.2. The Morgan fingerprint density at radius 1 is 1.33 bits per heavy atom. The maximum Gasteiger partial charge on any atom is 0.288 e. The van der Waals surface area contributed by atoms with Crippen molar-refractivity contribution in [2.75, 3.05) is 5.01 Å². The van der Waals surface area contributed by atoms with E-state index in [1.807, 2.05) is 18.2 Å². The quantitative estimate of drug-likeness (QED) is 0.807. The molecule has 0 bridgehead atoms. The van der Waals surface area contributed by atoms with E-state index in [0.29, 0.717) is 11.5 Å². The molecule has 1 atom stereocenters. The zero-order chi connectivity index (χ0) is 17.1. The van der Waals surface area contributed by atoms with Gasteiger partial charge in [-0.15, -0.1) is 0 Å². The van der Waals surface area contributed by atoms with Gasteiger partial charge in [0, 0.05) is 7.05 Å². The number of benzene rings is 1. The van der Waals surface area contributed by atoms with Gasteiger partial charge >= 0.3 is 0 Å². The number of nitrogens with zero attached hydrogens (tertiary/aromatic N) is 5. The minimum atomic E-state index is -0.653. The number of amides is 2. The van der Waals surface area contributed by atoms with Gasteiger partial charge < -0.3 is 5.32 Å². The van der Waals surface area contributed by atoms with Crippen LogP contribution < -0.4 is 15.8 Å². The van der Waals surface area contributed by atoms with Crippen LogP contribution in [0.15, 0.2) is 41.7 Å². The second-order valence-electron chi connectivity index (χ2n) is 5.29. The lowest BCUT2D eigenvalue weighted by Crippen LogP contribution is -2.57. The fourth-order valence-electron chi connectivity index (χ4n) is 2.21. The molecular weight excluding hydrogens is 310 g/mol. The first-order valence-corrected chi connectivity index (χ1v) is 7.41. The van der Waals surface area contributed by atoms with Crippen LogP contribution in [-0.4, -0.2) is 38.5 Å². The third kappa shape index (κ3) is 3.24. The topological polar surface area (TPSA) is 105 Å². The first kappa shape index (κ1) is 15.7. The summed E-state index contributed by atoms with van der Waals surface area (Å²) in [5, 5.41) is 8.09. The molecule has 3 rings (SSSR count). The number of hydrogen-bond donors (Lipinski definition) is 2. The van der Waals surface area contributed by atoms with Crippen LogP contribution in [0.25, 0.3) is 0 Å². The van der Waals surface area contributed by atoms with E-state index in [1.165, 1.54) is 5.01 Å². The molecule has 2 N–H and O–H groups in total. The number of aryl methyl sites for hydroxylation is 1. The Morgan fingerprint density at radius 3 is 2.75 bits per heavy atom. The van der Waals surface area contributed by atoms with E-state index in [0.717, 1.165) is 0 Å². The summed E-state index contributed by atoms with van der Waals surface area (Å²) >= 11 is 0. The number of anilines is 1. The number of aromatic nitrogens is 3. The van der Waals surface area contributed by atoms with Crippen LogP contribution in [0.3, 0.4) is 0 Å². The lowest BCUT2D eigenvalue weighted by molar-refractivity contribution is -0.120. The Bertz CT molecular complexity index is 784. The Morgan fingerprint density at radius 2 is 2.08 bits per heavy atom. The average molecular weight is 327 g/mol. The van der Waals surface area contributed by atoms with Crippen molar-refractivity contribution < 1.29 is 9.59 Å². The lowest BCUT2D eigenvalue weighted by atomic mass is 10.2. The van der Waals surface area contributed by atoms with E-state index in [9.17, 15) is 9.59 Å². The van der Waals surface area contributed by atoms with Gasteiger partial charge in [0.05, 0.1) is 12.2 Å². The molecule has 0 saturated carbocycles. The number of hydrazine groups is 1. The van der Waals surface area contributed by atoms with Gasteiger partial charge in [0.15, 0.2) is 5.82 Å². The highest BCUT2D eigenvalue weighted by Crippen LogP contribution is 2.15. The highest BCUT2D eigenvalue weighted by molar-refractivity contribution is 6.39. The van der Waals surface area contributed by atoms with Crippen molar-refractivity contribution in [3.05, 3.63) is 42.5 Å². The van der Waals surface area contributed by atoms with Crippen LogP contribution in [0.4, 0.5) is 5.69 Å². The molecule has 0 spiro atoms. The third-order valence-electron chi connectivity index (χ3n) is 3.40. The number of aliphatic imine (C=N–C) groups is 1. The van der Waals surface area contributed by atoms with E-state index >= 15 is 0 Å². The summed E-state index contributed by atoms with van der Waals surface area (Å²) in [6.45, 7) is 1.82. The maximum absolute atomic E-state index is 12.3. The van der Waals surface area contributed by atoms with Gasteiger partial charge in [-0.1, -0.05) is 18.2 Å². The first-order valence-electron chi connectivity index (χ1n) is 7.41. The van der Waals surface area contributed by atoms with E-state index < -0.39 is 11.9 Å². The molecule has 2 amide bonds. The summed E-state index contributed by atoms with van der Waals surface area (Å²) in [7, 11) is 1.75. The van der Waals surface area contributed by atoms with E-state index in [2.05, 4.69) is 25.8 Å². The predicted octanol–water partition coefficient (Wildman–Crippen LogP) is -0.230. The number of amidine groups is 1. The van der Waals surface area contributed by atoms with Crippen molar-refractivity contribution >= 4 is 23.3 Å². The largest absolute Gasteiger partial charge is 0.342 e. The van der Waals surface area contributed by atoms with Gasteiger partial charge in [0.25, 0.3) is 11.8 Å². The summed E-state index contributed by atoms with van der Waals surface area (Å²) in [5.74, 6) is -0.0972. The van der Waals surface area contributed by atoms with Gasteiger partial charge in [0.1, 0.15) is 12.4 Å². The molecule has 0 radical (unpaired) electrons. The van der Waals surface area contributed by atoms with Crippen molar-refractivity contribution in [3.8, 4) is 0 Å². The van der Waals surface area contributed by atoms with Crippen LogP contribution in [0.5, 0.6) is 0 Å². The van der Waals surface area contributed by atoms with E-state index in [1.54, 1.807) is 37.1 Å². The van der Waals surface area contributed by atoms with Crippen molar-refractivity contribution in [2.24, 2.45) is 12.0 Å². The van der Waals surface area contributed by atoms with Gasteiger partial charge in [0.2, 0.25) is 5.84 Å². The molecule has 1 aliphatic heterocycles. The molecule has 0 unspecified atom stereocenters. The molecular formula is C15H17N7O2. The molecule has 9 nitrogen and oxygen atoms in total. The highest BCUT2D eigenvalue weighted by atomic mass is 16.2. The molecule has 0 aliphatic carbocycles. The number of hydrogen-bond acceptors (Lipinski definition) is 6.